The van der Waals surface area contributed by atoms with Crippen molar-refractivity contribution >= 4 is 12.1 Å². The number of piperidine rings is 1. The zero-order chi connectivity index (χ0) is 20.6. The Labute approximate surface area is 166 Å². The molecule has 1 atom stereocenters. The molecule has 2 aromatic carbocycles. The van der Waals surface area contributed by atoms with E-state index in [-0.39, 0.29) is 6.54 Å². The highest BCUT2D eigenvalue weighted by atomic mass is 16.6. The second-order valence-corrected chi connectivity index (χ2v) is 7.84. The Balaban J connectivity index is 0.000000207. The summed E-state index contributed by atoms with van der Waals surface area (Å²) in [5.41, 5.74) is 2.02. The van der Waals surface area contributed by atoms with Crippen molar-refractivity contribution in [3.8, 4) is 11.1 Å². The van der Waals surface area contributed by atoms with Crippen molar-refractivity contribution < 1.29 is 19.4 Å². The summed E-state index contributed by atoms with van der Waals surface area (Å²) < 4.78 is 5.20. The Morgan fingerprint density at radius 2 is 1.46 bits per heavy atom. The molecular weight excluding hydrogens is 354 g/mol. The molecule has 0 unspecified atom stereocenters. The second-order valence-electron chi connectivity index (χ2n) is 7.84. The number of benzene rings is 2. The maximum absolute atomic E-state index is 11.7. The van der Waals surface area contributed by atoms with E-state index in [1.807, 2.05) is 12.1 Å². The average molecular weight is 383 g/mol. The summed E-state index contributed by atoms with van der Waals surface area (Å²) >= 11 is 0. The number of likely N-dealkylation sites (tertiary alicyclic amines) is 1. The van der Waals surface area contributed by atoms with E-state index in [9.17, 15) is 9.59 Å². The Morgan fingerprint density at radius 3 is 1.89 bits per heavy atom. The predicted octanol–water partition coefficient (Wildman–Crippen LogP) is 5.07. The van der Waals surface area contributed by atoms with Crippen LogP contribution in [0.4, 0.5) is 4.79 Å². The van der Waals surface area contributed by atoms with E-state index < -0.39 is 23.6 Å². The molecule has 150 valence electrons. The number of carboxylic acid groups (broad SMARTS) is 1. The molecule has 0 saturated carbocycles. The van der Waals surface area contributed by atoms with Crippen LogP contribution >= 0.6 is 0 Å². The smallest absolute Gasteiger partial charge is 0.410 e. The number of ether oxygens (including phenoxy) is 1. The van der Waals surface area contributed by atoms with Crippen LogP contribution < -0.4 is 0 Å². The third-order valence-corrected chi connectivity index (χ3v) is 4.30. The van der Waals surface area contributed by atoms with Gasteiger partial charge in [0.05, 0.1) is 5.92 Å². The van der Waals surface area contributed by atoms with Crippen LogP contribution in [-0.4, -0.2) is 40.8 Å². The van der Waals surface area contributed by atoms with Crippen LogP contribution in [0.2, 0.25) is 0 Å². The van der Waals surface area contributed by atoms with Gasteiger partial charge in [0.15, 0.2) is 0 Å². The number of carbonyl (C=O) groups is 2. The van der Waals surface area contributed by atoms with Gasteiger partial charge in [-0.15, -0.1) is 0 Å². The minimum absolute atomic E-state index is 0.254. The third kappa shape index (κ3) is 7.06. The van der Waals surface area contributed by atoms with Gasteiger partial charge >= 0.3 is 12.1 Å². The van der Waals surface area contributed by atoms with Gasteiger partial charge in [0, 0.05) is 13.1 Å². The number of carboxylic acids is 1. The fraction of sp³-hybridized carbons (Fsp3) is 0.391. The Hall–Kier alpha value is -2.82. The standard InChI is InChI=1S/C12H10.C11H19NO4/c1-3-7-11(8-4-1)12-9-5-2-6-10-12;1-11(2,3)16-10(15)12-6-4-5-8(7-12)9(13)14/h1-10H;8H,4-7H2,1-3H3,(H,13,14)/t;8-/m.1/s1. The van der Waals surface area contributed by atoms with Gasteiger partial charge in [0.1, 0.15) is 5.60 Å². The van der Waals surface area contributed by atoms with Gasteiger partial charge in [0.2, 0.25) is 0 Å². The SMILES string of the molecule is CC(C)(C)OC(=O)N1CCC[C@@H](C(=O)O)C1.c1ccc(-c2ccccc2)cc1. The fourth-order valence-electron chi connectivity index (χ4n) is 2.93. The maximum Gasteiger partial charge on any atom is 0.410 e. The lowest BCUT2D eigenvalue weighted by Gasteiger charge is -2.32. The van der Waals surface area contributed by atoms with Gasteiger partial charge in [-0.2, -0.15) is 0 Å². The van der Waals surface area contributed by atoms with Crippen molar-refractivity contribution in [2.75, 3.05) is 13.1 Å². The lowest BCUT2D eigenvalue weighted by Crippen LogP contribution is -2.44. The molecule has 0 bridgehead atoms. The minimum Gasteiger partial charge on any atom is -0.481 e. The summed E-state index contributed by atoms with van der Waals surface area (Å²) in [5, 5.41) is 8.89. The largest absolute Gasteiger partial charge is 0.481 e. The summed E-state index contributed by atoms with van der Waals surface area (Å²) in [7, 11) is 0. The first-order chi connectivity index (χ1) is 13.3. The van der Waals surface area contributed by atoms with Gasteiger partial charge in [0.25, 0.3) is 0 Å². The van der Waals surface area contributed by atoms with E-state index in [1.165, 1.54) is 16.0 Å². The summed E-state index contributed by atoms with van der Waals surface area (Å²) in [6.45, 7) is 6.22. The van der Waals surface area contributed by atoms with Gasteiger partial charge in [-0.25, -0.2) is 4.79 Å². The number of carbonyl (C=O) groups excluding carboxylic acids is 1. The molecule has 1 amide bonds. The molecule has 5 nitrogen and oxygen atoms in total. The van der Waals surface area contributed by atoms with Crippen molar-refractivity contribution in [1.82, 2.24) is 4.90 Å². The van der Waals surface area contributed by atoms with E-state index in [0.29, 0.717) is 13.0 Å². The summed E-state index contributed by atoms with van der Waals surface area (Å²) in [4.78, 5) is 24.0. The Kier molecular flexibility index (Phi) is 7.61. The van der Waals surface area contributed by atoms with Crippen LogP contribution in [0, 0.1) is 5.92 Å². The van der Waals surface area contributed by atoms with Crippen LogP contribution in [-0.2, 0) is 9.53 Å². The summed E-state index contributed by atoms with van der Waals surface area (Å²) in [6.07, 6.45) is 0.934. The third-order valence-electron chi connectivity index (χ3n) is 4.30. The summed E-state index contributed by atoms with van der Waals surface area (Å²) in [5.74, 6) is -1.30. The lowest BCUT2D eigenvalue weighted by molar-refractivity contribution is -0.143. The predicted molar refractivity (Wildman–Crippen MR) is 110 cm³/mol. The number of amides is 1. The Bertz CT molecular complexity index is 716. The molecule has 0 radical (unpaired) electrons. The second kappa shape index (κ2) is 9.93. The molecule has 2 aromatic rings. The number of rotatable bonds is 2. The van der Waals surface area contributed by atoms with E-state index in [1.54, 1.807) is 20.8 Å². The molecule has 0 aromatic heterocycles. The molecular formula is C23H29NO4. The molecule has 5 heteroatoms. The molecule has 1 heterocycles. The maximum atomic E-state index is 11.7. The van der Waals surface area contributed by atoms with E-state index in [0.717, 1.165) is 6.42 Å². The number of hydrogen-bond acceptors (Lipinski definition) is 3. The molecule has 0 spiro atoms. The number of hydrogen-bond donors (Lipinski definition) is 1. The van der Waals surface area contributed by atoms with E-state index in [4.69, 9.17) is 9.84 Å². The quantitative estimate of drug-likeness (QED) is 0.786. The van der Waals surface area contributed by atoms with Crippen molar-refractivity contribution in [2.45, 2.75) is 39.2 Å². The zero-order valence-corrected chi connectivity index (χ0v) is 16.8. The van der Waals surface area contributed by atoms with Gasteiger partial charge in [-0.1, -0.05) is 60.7 Å². The van der Waals surface area contributed by atoms with Crippen LogP contribution in [0.3, 0.4) is 0 Å². The molecule has 1 aliphatic rings. The fourth-order valence-corrected chi connectivity index (χ4v) is 2.93. The van der Waals surface area contributed by atoms with Crippen LogP contribution in [0.15, 0.2) is 60.7 Å². The molecule has 1 saturated heterocycles. The monoisotopic (exact) mass is 383 g/mol. The highest BCUT2D eigenvalue weighted by molar-refractivity contribution is 5.73. The minimum atomic E-state index is -0.840. The molecule has 1 N–H and O–H groups in total. The first-order valence-corrected chi connectivity index (χ1v) is 9.57. The zero-order valence-electron chi connectivity index (χ0n) is 16.8. The van der Waals surface area contributed by atoms with E-state index in [2.05, 4.69) is 48.5 Å². The Morgan fingerprint density at radius 1 is 0.964 bits per heavy atom. The first kappa shape index (κ1) is 21.5. The van der Waals surface area contributed by atoms with Gasteiger partial charge in [-0.05, 0) is 44.7 Å². The summed E-state index contributed by atoms with van der Waals surface area (Å²) in [6, 6.07) is 20.8. The molecule has 3 rings (SSSR count). The first-order valence-electron chi connectivity index (χ1n) is 9.57. The van der Waals surface area contributed by atoms with Crippen molar-refractivity contribution in [3.63, 3.8) is 0 Å². The van der Waals surface area contributed by atoms with Crippen LogP contribution in [0.1, 0.15) is 33.6 Å². The highest BCUT2D eigenvalue weighted by Gasteiger charge is 2.30. The normalized spacial score (nSPS) is 16.5. The molecule has 0 aliphatic carbocycles. The number of nitrogens with zero attached hydrogens (tertiary/aromatic N) is 1. The van der Waals surface area contributed by atoms with Crippen molar-refractivity contribution in [3.05, 3.63) is 60.7 Å². The van der Waals surface area contributed by atoms with Gasteiger partial charge < -0.3 is 14.7 Å². The average Bonchev–Trinajstić information content (AvgIpc) is 2.69. The highest BCUT2D eigenvalue weighted by Crippen LogP contribution is 2.19. The molecule has 28 heavy (non-hydrogen) atoms. The molecule has 1 fully saturated rings. The van der Waals surface area contributed by atoms with Crippen LogP contribution in [0.5, 0.6) is 0 Å². The van der Waals surface area contributed by atoms with Crippen LogP contribution in [0.25, 0.3) is 11.1 Å². The van der Waals surface area contributed by atoms with E-state index >= 15 is 0 Å². The van der Waals surface area contributed by atoms with Gasteiger partial charge in [-0.3, -0.25) is 4.79 Å². The number of aliphatic carboxylic acids is 1. The topological polar surface area (TPSA) is 66.8 Å². The lowest BCUT2D eigenvalue weighted by atomic mass is 9.99. The van der Waals surface area contributed by atoms with Crippen molar-refractivity contribution in [1.29, 1.82) is 0 Å². The molecule has 1 aliphatic heterocycles. The van der Waals surface area contributed by atoms with Crippen molar-refractivity contribution in [2.24, 2.45) is 5.92 Å².